The molecule has 3 heteroatoms. The Balaban J connectivity index is 0.000000465. The maximum atomic E-state index is 3.26. The van der Waals surface area contributed by atoms with E-state index in [1.165, 1.54) is 48.4 Å². The zero-order valence-electron chi connectivity index (χ0n) is 20.0. The Labute approximate surface area is 219 Å². The molecule has 168 valence electrons. The van der Waals surface area contributed by atoms with Crippen LogP contribution in [-0.2, 0) is 20.0 Å². The topological polar surface area (TPSA) is 0 Å². The van der Waals surface area contributed by atoms with Crippen LogP contribution in [0.4, 0.5) is 0 Å². The van der Waals surface area contributed by atoms with Crippen molar-refractivity contribution in [2.24, 2.45) is 0 Å². The third-order valence-corrected chi connectivity index (χ3v) is 6.67. The van der Waals surface area contributed by atoms with Gasteiger partial charge in [-0.1, -0.05) is 27.7 Å². The fourth-order valence-corrected chi connectivity index (χ4v) is 3.60. The van der Waals surface area contributed by atoms with E-state index in [0.29, 0.717) is 0 Å². The van der Waals surface area contributed by atoms with Crippen molar-refractivity contribution in [3.63, 3.8) is 0 Å². The number of allylic oxidation sites excluding steroid dienone is 8. The first-order valence-corrected chi connectivity index (χ1v) is 11.3. The molecule has 0 fully saturated rings. The third-order valence-electron chi connectivity index (χ3n) is 5.77. The van der Waals surface area contributed by atoms with E-state index >= 15 is 0 Å². The first-order chi connectivity index (χ1) is 14.3. The zero-order chi connectivity index (χ0) is 22.1. The first kappa shape index (κ1) is 30.6. The van der Waals surface area contributed by atoms with Gasteiger partial charge in [0.15, 0.2) is 0 Å². The molecule has 2 aromatic rings. The number of halogens is 2. The van der Waals surface area contributed by atoms with Gasteiger partial charge in [-0.2, -0.15) is 22.3 Å². The normalized spacial score (nSPS) is 14.1. The van der Waals surface area contributed by atoms with E-state index in [2.05, 4.69) is 122 Å². The molecule has 0 atom stereocenters. The average Bonchev–Trinajstić information content (AvgIpc) is 3.24. The van der Waals surface area contributed by atoms with Gasteiger partial charge in [-0.3, -0.25) is 12.2 Å². The van der Waals surface area contributed by atoms with E-state index in [0.717, 1.165) is 12.8 Å². The summed E-state index contributed by atoms with van der Waals surface area (Å²) in [5.74, 6) is 0. The van der Waals surface area contributed by atoms with Crippen LogP contribution in [0.2, 0.25) is 0 Å². The van der Waals surface area contributed by atoms with Gasteiger partial charge in [0.25, 0.3) is 0 Å². The van der Waals surface area contributed by atoms with E-state index < -0.39 is 0 Å². The van der Waals surface area contributed by atoms with Crippen molar-refractivity contribution >= 4 is 28.6 Å². The van der Waals surface area contributed by atoms with Gasteiger partial charge in [0.05, 0.1) is 0 Å². The molecule has 0 N–H and O–H groups in total. The molecule has 0 radical (unpaired) electrons. The summed E-state index contributed by atoms with van der Waals surface area (Å²) >= 11 is 2.16. The molecule has 4 rings (SSSR count). The molecule has 0 unspecified atom stereocenters. The van der Waals surface area contributed by atoms with Gasteiger partial charge in [0.2, 0.25) is 0 Å². The molecule has 0 amide bonds. The summed E-state index contributed by atoms with van der Waals surface area (Å²) in [7, 11) is 0. The first-order valence-electron chi connectivity index (χ1n) is 10.5. The minimum absolute atomic E-state index is 0. The number of benzene rings is 2. The van der Waals surface area contributed by atoms with Crippen molar-refractivity contribution in [2.45, 2.75) is 54.4 Å². The van der Waals surface area contributed by atoms with Crippen LogP contribution in [0.5, 0.6) is 0 Å². The van der Waals surface area contributed by atoms with Crippen LogP contribution in [0.25, 0.3) is 0 Å². The van der Waals surface area contributed by atoms with Crippen LogP contribution >= 0.6 is 24.8 Å². The number of rotatable bonds is 2. The molecular formula is C29H34Cl2Ti. The van der Waals surface area contributed by atoms with E-state index in [1.54, 1.807) is 0 Å². The summed E-state index contributed by atoms with van der Waals surface area (Å²) in [6.07, 6.45) is 8.63. The zero-order valence-corrected chi connectivity index (χ0v) is 23.2. The summed E-state index contributed by atoms with van der Waals surface area (Å²) in [5, 5.41) is 0. The standard InChI is InChI=1S/C13H10.2C8H11.2ClH.Ti/c1-3-7-12(8-4-1)11-13-9-5-2-6-10-13;2*1-6-4-5-7(2)8(6)3;;;/h1-10H;2*4H2,1-3H3;2*1H;/q;2*-1;;;+2. The Morgan fingerprint density at radius 3 is 1.09 bits per heavy atom. The molecule has 2 aliphatic rings. The van der Waals surface area contributed by atoms with Crippen LogP contribution in [0.15, 0.2) is 94.1 Å². The fourth-order valence-electron chi connectivity index (χ4n) is 3.08. The minimum atomic E-state index is 0. The molecule has 2 aromatic carbocycles. The molecule has 32 heavy (non-hydrogen) atoms. The molecule has 0 aromatic heterocycles. The number of hydrogen-bond acceptors (Lipinski definition) is 0. The van der Waals surface area contributed by atoms with E-state index in [-0.39, 0.29) is 24.8 Å². The third kappa shape index (κ3) is 9.20. The van der Waals surface area contributed by atoms with Crippen LogP contribution < -0.4 is 0 Å². The average molecular weight is 501 g/mol. The quantitative estimate of drug-likeness (QED) is 0.286. The van der Waals surface area contributed by atoms with Crippen molar-refractivity contribution in [1.29, 1.82) is 0 Å². The second kappa shape index (κ2) is 15.4. The fraction of sp³-hybridized carbons (Fsp3) is 0.276. The van der Waals surface area contributed by atoms with E-state index in [9.17, 15) is 0 Å². The molecule has 0 saturated heterocycles. The van der Waals surface area contributed by atoms with Crippen molar-refractivity contribution in [3.8, 4) is 0 Å². The monoisotopic (exact) mass is 500 g/mol. The Hall–Kier alpha value is -1.44. The molecule has 0 bridgehead atoms. The second-order valence-electron chi connectivity index (χ2n) is 7.87. The van der Waals surface area contributed by atoms with Gasteiger partial charge in [-0.25, -0.2) is 11.1 Å². The SMILES string of the molecule is CC1=[C-]CC(C)=C1C.CC1=[C-]CC(C)=C1C.Cl.Cl.[Ti+2]=[C](c1ccccc1)c1ccccc1. The molecule has 2 aliphatic carbocycles. The predicted octanol–water partition coefficient (Wildman–Crippen LogP) is 8.60. The summed E-state index contributed by atoms with van der Waals surface area (Å²) in [5.41, 5.74) is 11.1. The summed E-state index contributed by atoms with van der Waals surface area (Å²) < 4.78 is 1.33. The summed E-state index contributed by atoms with van der Waals surface area (Å²) in [4.78, 5) is 0. The molecule has 0 heterocycles. The molecule has 0 aliphatic heterocycles. The van der Waals surface area contributed by atoms with Gasteiger partial charge in [0.1, 0.15) is 0 Å². The summed E-state index contributed by atoms with van der Waals surface area (Å²) in [6, 6.07) is 20.9. The molecule has 0 nitrogen and oxygen atoms in total. The van der Waals surface area contributed by atoms with Gasteiger partial charge < -0.3 is 0 Å². The summed E-state index contributed by atoms with van der Waals surface area (Å²) in [6.45, 7) is 12.9. The van der Waals surface area contributed by atoms with Crippen molar-refractivity contribution < 1.29 is 20.0 Å². The molecule has 0 saturated carbocycles. The van der Waals surface area contributed by atoms with Crippen molar-refractivity contribution in [3.05, 3.63) is 117 Å². The second-order valence-corrected chi connectivity index (χ2v) is 8.66. The van der Waals surface area contributed by atoms with E-state index in [4.69, 9.17) is 0 Å². The Morgan fingerprint density at radius 2 is 0.906 bits per heavy atom. The van der Waals surface area contributed by atoms with Gasteiger partial charge in [-0.05, 0) is 0 Å². The van der Waals surface area contributed by atoms with Gasteiger partial charge in [-0.15, -0.1) is 51.5 Å². The maximum absolute atomic E-state index is 3.26. The van der Waals surface area contributed by atoms with Crippen LogP contribution in [0.1, 0.15) is 65.5 Å². The van der Waals surface area contributed by atoms with Crippen molar-refractivity contribution in [2.75, 3.05) is 0 Å². The Bertz CT molecular complexity index is 901. The number of hydrogen-bond donors (Lipinski definition) is 0. The predicted molar refractivity (Wildman–Crippen MR) is 141 cm³/mol. The van der Waals surface area contributed by atoms with Gasteiger partial charge in [0, 0.05) is 0 Å². The Kier molecular flexibility index (Phi) is 14.7. The van der Waals surface area contributed by atoms with Crippen LogP contribution in [0.3, 0.4) is 0 Å². The van der Waals surface area contributed by atoms with Crippen LogP contribution in [-0.4, -0.2) is 3.81 Å². The van der Waals surface area contributed by atoms with Gasteiger partial charge >= 0.3 is 95.6 Å². The molecular weight excluding hydrogens is 467 g/mol. The Morgan fingerprint density at radius 1 is 0.594 bits per heavy atom. The van der Waals surface area contributed by atoms with E-state index in [1.807, 2.05) is 12.1 Å². The van der Waals surface area contributed by atoms with Crippen LogP contribution in [0, 0.1) is 12.2 Å². The van der Waals surface area contributed by atoms with Crippen molar-refractivity contribution in [1.82, 2.24) is 0 Å². The molecule has 0 spiro atoms.